The first-order chi connectivity index (χ1) is 12.6. The number of amides is 1. The molecule has 0 fully saturated rings. The summed E-state index contributed by atoms with van der Waals surface area (Å²) in [6.07, 6.45) is 1.80. The number of benzene rings is 2. The maximum Gasteiger partial charge on any atom is 0.243 e. The van der Waals surface area contributed by atoms with E-state index in [0.717, 1.165) is 22.9 Å². The molecule has 26 heavy (non-hydrogen) atoms. The van der Waals surface area contributed by atoms with Crippen LogP contribution in [0.4, 0.5) is 0 Å². The van der Waals surface area contributed by atoms with Crippen LogP contribution in [0.2, 0.25) is 0 Å². The van der Waals surface area contributed by atoms with Crippen molar-refractivity contribution in [3.8, 4) is 11.4 Å². The highest BCUT2D eigenvalue weighted by Gasteiger charge is 2.13. The number of hydrogen-bond donors (Lipinski definition) is 1. The van der Waals surface area contributed by atoms with E-state index < -0.39 is 0 Å². The van der Waals surface area contributed by atoms with Gasteiger partial charge in [-0.2, -0.15) is 4.80 Å². The number of tetrazole rings is 1. The van der Waals surface area contributed by atoms with Gasteiger partial charge in [0.25, 0.3) is 0 Å². The minimum Gasteiger partial charge on any atom is -0.352 e. The summed E-state index contributed by atoms with van der Waals surface area (Å²) in [6, 6.07) is 18.0. The third kappa shape index (κ3) is 4.98. The average Bonchev–Trinajstić information content (AvgIpc) is 3.09. The highest BCUT2D eigenvalue weighted by atomic mass is 79.9. The topological polar surface area (TPSA) is 72.7 Å². The predicted molar refractivity (Wildman–Crippen MR) is 103 cm³/mol. The van der Waals surface area contributed by atoms with Crippen LogP contribution in [0.1, 0.15) is 18.9 Å². The van der Waals surface area contributed by atoms with Crippen molar-refractivity contribution in [3.63, 3.8) is 0 Å². The SMILES string of the molecule is C[C@@H](CCc1ccccc1)NC(=O)Cn1nnc(-c2ccccc2Br)n1. The molecule has 6 nitrogen and oxygen atoms in total. The van der Waals surface area contributed by atoms with E-state index in [1.54, 1.807) is 0 Å². The lowest BCUT2D eigenvalue weighted by Crippen LogP contribution is -2.35. The van der Waals surface area contributed by atoms with Crippen molar-refractivity contribution in [3.05, 3.63) is 64.6 Å². The summed E-state index contributed by atoms with van der Waals surface area (Å²) in [5.74, 6) is 0.365. The van der Waals surface area contributed by atoms with Crippen molar-refractivity contribution in [1.29, 1.82) is 0 Å². The van der Waals surface area contributed by atoms with Crippen LogP contribution in [0.5, 0.6) is 0 Å². The number of halogens is 1. The molecule has 0 spiro atoms. The van der Waals surface area contributed by atoms with Crippen LogP contribution >= 0.6 is 15.9 Å². The summed E-state index contributed by atoms with van der Waals surface area (Å²) < 4.78 is 0.888. The molecular weight excluding hydrogens is 394 g/mol. The molecule has 0 aliphatic rings. The smallest absolute Gasteiger partial charge is 0.243 e. The standard InChI is InChI=1S/C19H20BrN5O/c1-14(11-12-15-7-3-2-4-8-15)21-18(26)13-25-23-19(22-24-25)16-9-5-6-10-17(16)20/h2-10,14H,11-13H2,1H3,(H,21,26)/t14-/m0/s1. The lowest BCUT2D eigenvalue weighted by Gasteiger charge is -2.13. The van der Waals surface area contributed by atoms with Gasteiger partial charge in [-0.1, -0.05) is 58.4 Å². The Kier molecular flexibility index (Phi) is 6.12. The van der Waals surface area contributed by atoms with E-state index in [1.165, 1.54) is 10.4 Å². The second kappa shape index (κ2) is 8.71. The van der Waals surface area contributed by atoms with E-state index in [-0.39, 0.29) is 18.5 Å². The fourth-order valence-corrected chi connectivity index (χ4v) is 3.07. The minimum atomic E-state index is -0.123. The molecule has 7 heteroatoms. The molecule has 3 aromatic rings. The highest BCUT2D eigenvalue weighted by Crippen LogP contribution is 2.24. The number of aryl methyl sites for hydroxylation is 1. The van der Waals surface area contributed by atoms with Crippen LogP contribution in [0.25, 0.3) is 11.4 Å². The molecule has 0 radical (unpaired) electrons. The number of hydrogen-bond acceptors (Lipinski definition) is 4. The molecule has 0 aliphatic heterocycles. The molecule has 0 saturated carbocycles. The molecule has 1 atom stereocenters. The van der Waals surface area contributed by atoms with Crippen LogP contribution < -0.4 is 5.32 Å². The summed E-state index contributed by atoms with van der Waals surface area (Å²) in [4.78, 5) is 13.5. The molecule has 1 heterocycles. The molecule has 0 aliphatic carbocycles. The summed E-state index contributed by atoms with van der Waals surface area (Å²) in [6.45, 7) is 2.05. The zero-order valence-electron chi connectivity index (χ0n) is 14.5. The van der Waals surface area contributed by atoms with Gasteiger partial charge in [0.2, 0.25) is 11.7 Å². The second-order valence-electron chi connectivity index (χ2n) is 6.12. The Balaban J connectivity index is 1.51. The average molecular weight is 414 g/mol. The molecule has 0 saturated heterocycles. The summed E-state index contributed by atoms with van der Waals surface area (Å²) in [5, 5.41) is 15.3. The van der Waals surface area contributed by atoms with Crippen LogP contribution in [-0.2, 0) is 17.8 Å². The van der Waals surface area contributed by atoms with Crippen LogP contribution in [0, 0.1) is 0 Å². The van der Waals surface area contributed by atoms with Crippen molar-refractivity contribution < 1.29 is 4.79 Å². The molecule has 134 valence electrons. The molecule has 1 N–H and O–H groups in total. The van der Waals surface area contributed by atoms with Crippen LogP contribution in [-0.4, -0.2) is 32.2 Å². The Morgan fingerprint density at radius 2 is 1.88 bits per heavy atom. The molecule has 3 rings (SSSR count). The van der Waals surface area contributed by atoms with Crippen molar-refractivity contribution >= 4 is 21.8 Å². The predicted octanol–water partition coefficient (Wildman–Crippen LogP) is 3.24. The van der Waals surface area contributed by atoms with Crippen molar-refractivity contribution in [2.45, 2.75) is 32.4 Å². The second-order valence-corrected chi connectivity index (χ2v) is 6.97. The molecule has 1 aromatic heterocycles. The van der Waals surface area contributed by atoms with Gasteiger partial charge >= 0.3 is 0 Å². The van der Waals surface area contributed by atoms with Gasteiger partial charge in [0.1, 0.15) is 6.54 Å². The normalized spacial score (nSPS) is 11.9. The molecule has 0 unspecified atom stereocenters. The first-order valence-electron chi connectivity index (χ1n) is 8.48. The quantitative estimate of drug-likeness (QED) is 0.644. The first kappa shape index (κ1) is 18.3. The maximum atomic E-state index is 12.2. The summed E-state index contributed by atoms with van der Waals surface area (Å²) >= 11 is 3.47. The van der Waals surface area contributed by atoms with Crippen molar-refractivity contribution in [1.82, 2.24) is 25.5 Å². The van der Waals surface area contributed by atoms with E-state index in [0.29, 0.717) is 5.82 Å². The minimum absolute atomic E-state index is 0.0487. The lowest BCUT2D eigenvalue weighted by atomic mass is 10.1. The monoisotopic (exact) mass is 413 g/mol. The summed E-state index contributed by atoms with van der Waals surface area (Å²) in [7, 11) is 0. The number of aromatic nitrogens is 4. The zero-order chi connectivity index (χ0) is 18.4. The van der Waals surface area contributed by atoms with Crippen molar-refractivity contribution in [2.24, 2.45) is 0 Å². The van der Waals surface area contributed by atoms with Gasteiger partial charge < -0.3 is 5.32 Å². The molecule has 2 aromatic carbocycles. The fourth-order valence-electron chi connectivity index (χ4n) is 2.61. The molecule has 0 bridgehead atoms. The lowest BCUT2D eigenvalue weighted by molar-refractivity contribution is -0.122. The van der Waals surface area contributed by atoms with E-state index in [9.17, 15) is 4.79 Å². The Morgan fingerprint density at radius 1 is 1.15 bits per heavy atom. The van der Waals surface area contributed by atoms with Gasteiger partial charge in [0, 0.05) is 16.1 Å². The number of carbonyl (C=O) groups is 1. The van der Waals surface area contributed by atoms with E-state index >= 15 is 0 Å². The van der Waals surface area contributed by atoms with E-state index in [2.05, 4.69) is 48.8 Å². The van der Waals surface area contributed by atoms with E-state index in [4.69, 9.17) is 0 Å². The Bertz CT molecular complexity index is 865. The Morgan fingerprint density at radius 3 is 2.65 bits per heavy atom. The van der Waals surface area contributed by atoms with Crippen LogP contribution in [0.15, 0.2) is 59.1 Å². The number of carbonyl (C=O) groups excluding carboxylic acids is 1. The highest BCUT2D eigenvalue weighted by molar-refractivity contribution is 9.10. The van der Waals surface area contributed by atoms with Gasteiger partial charge in [-0.3, -0.25) is 4.79 Å². The van der Waals surface area contributed by atoms with Crippen LogP contribution in [0.3, 0.4) is 0 Å². The summed E-state index contributed by atoms with van der Waals surface area (Å²) in [5.41, 5.74) is 2.11. The van der Waals surface area contributed by atoms with Gasteiger partial charge in [-0.05, 0) is 42.7 Å². The Labute approximate surface area is 160 Å². The largest absolute Gasteiger partial charge is 0.352 e. The molecule has 1 amide bonds. The zero-order valence-corrected chi connectivity index (χ0v) is 16.1. The fraction of sp³-hybridized carbons (Fsp3) is 0.263. The van der Waals surface area contributed by atoms with Gasteiger partial charge in [0.05, 0.1) is 0 Å². The van der Waals surface area contributed by atoms with E-state index in [1.807, 2.05) is 49.4 Å². The first-order valence-corrected chi connectivity index (χ1v) is 9.27. The van der Waals surface area contributed by atoms with Crippen molar-refractivity contribution in [2.75, 3.05) is 0 Å². The number of nitrogens with one attached hydrogen (secondary N) is 1. The van der Waals surface area contributed by atoms with Gasteiger partial charge in [-0.25, -0.2) is 0 Å². The number of rotatable bonds is 7. The van der Waals surface area contributed by atoms with Gasteiger partial charge in [-0.15, -0.1) is 10.2 Å². The maximum absolute atomic E-state index is 12.2. The Hall–Kier alpha value is -2.54. The third-order valence-corrected chi connectivity index (χ3v) is 4.66. The molecular formula is C19H20BrN5O. The van der Waals surface area contributed by atoms with Gasteiger partial charge in [0.15, 0.2) is 0 Å². The number of nitrogens with zero attached hydrogens (tertiary/aromatic N) is 4. The third-order valence-electron chi connectivity index (χ3n) is 3.97.